The van der Waals surface area contributed by atoms with Crippen LogP contribution in [0.15, 0.2) is 91.0 Å². The first-order valence-corrected chi connectivity index (χ1v) is 9.33. The van der Waals surface area contributed by atoms with Gasteiger partial charge in [-0.25, -0.2) is 22.0 Å². The SMILES string of the molecule is Fc1c(F)c(F)c([B-](c2ccccc2)(c2ccccc2)c2ccccc2)c(F)c1F. The molecular formula is C24H15BF5-. The van der Waals surface area contributed by atoms with E-state index < -0.39 is 40.7 Å². The Morgan fingerprint density at radius 3 is 0.933 bits per heavy atom. The third kappa shape index (κ3) is 2.91. The Kier molecular flexibility index (Phi) is 5.16. The Morgan fingerprint density at radius 1 is 0.367 bits per heavy atom. The van der Waals surface area contributed by atoms with Crippen LogP contribution in [0, 0.1) is 29.1 Å². The Hall–Kier alpha value is -3.41. The quantitative estimate of drug-likeness (QED) is 0.209. The average Bonchev–Trinajstić information content (AvgIpc) is 2.81. The van der Waals surface area contributed by atoms with Crippen LogP contribution in [0.5, 0.6) is 0 Å². The molecule has 0 radical (unpaired) electrons. The Labute approximate surface area is 170 Å². The summed E-state index contributed by atoms with van der Waals surface area (Å²) in [6, 6.07) is 25.0. The van der Waals surface area contributed by atoms with E-state index in [1.807, 2.05) is 0 Å². The number of halogens is 5. The van der Waals surface area contributed by atoms with Crippen LogP contribution in [0.4, 0.5) is 22.0 Å². The summed E-state index contributed by atoms with van der Waals surface area (Å²) in [5, 5.41) is 0. The smallest absolute Gasteiger partial charge is 0.200 e. The number of rotatable bonds is 4. The standard InChI is InChI=1S/C24H15BF5/c26-20-19(21(27)23(29)24(30)22(20)28)25(16-10-4-1-5-11-16,17-12-6-2-7-13-17)18-14-8-3-9-15-18/h1-15H/q-1. The second kappa shape index (κ2) is 7.79. The molecule has 0 aliphatic heterocycles. The molecule has 0 heterocycles. The zero-order valence-corrected chi connectivity index (χ0v) is 15.6. The van der Waals surface area contributed by atoms with Gasteiger partial charge in [-0.15, -0.1) is 5.46 Å². The molecule has 4 aromatic rings. The molecule has 4 aromatic carbocycles. The summed E-state index contributed by atoms with van der Waals surface area (Å²) in [5.74, 6) is -9.76. The Balaban J connectivity index is 2.27. The highest BCUT2D eigenvalue weighted by Gasteiger charge is 2.39. The van der Waals surface area contributed by atoms with Gasteiger partial charge in [-0.3, -0.25) is 0 Å². The van der Waals surface area contributed by atoms with Crippen LogP contribution in [-0.2, 0) is 0 Å². The minimum absolute atomic E-state index is 0.429. The minimum Gasteiger partial charge on any atom is -0.207 e. The lowest BCUT2D eigenvalue weighted by Gasteiger charge is -2.44. The lowest BCUT2D eigenvalue weighted by Crippen LogP contribution is -2.76. The van der Waals surface area contributed by atoms with Crippen molar-refractivity contribution in [2.75, 3.05) is 0 Å². The first kappa shape index (κ1) is 19.9. The van der Waals surface area contributed by atoms with Crippen molar-refractivity contribution in [3.8, 4) is 0 Å². The second-order valence-electron chi connectivity index (χ2n) is 7.08. The first-order chi connectivity index (χ1) is 14.5. The molecule has 0 spiro atoms. The topological polar surface area (TPSA) is 0 Å². The molecule has 0 aliphatic rings. The normalized spacial score (nSPS) is 11.5. The summed E-state index contributed by atoms with van der Waals surface area (Å²) in [7, 11) is 0. The van der Waals surface area contributed by atoms with Crippen LogP contribution in [-0.4, -0.2) is 6.15 Å². The predicted octanol–water partition coefficient (Wildman–Crippen LogP) is 3.76. The summed E-state index contributed by atoms with van der Waals surface area (Å²) in [6.45, 7) is 0. The highest BCUT2D eigenvalue weighted by molar-refractivity contribution is 7.20. The molecule has 6 heteroatoms. The van der Waals surface area contributed by atoms with Gasteiger partial charge in [0.25, 0.3) is 0 Å². The monoisotopic (exact) mass is 409 g/mol. The van der Waals surface area contributed by atoms with Gasteiger partial charge in [0.05, 0.1) is 0 Å². The molecule has 0 atom stereocenters. The van der Waals surface area contributed by atoms with E-state index in [4.69, 9.17) is 0 Å². The maximum atomic E-state index is 15.2. The molecule has 0 aromatic heterocycles. The van der Waals surface area contributed by atoms with Crippen molar-refractivity contribution in [2.45, 2.75) is 0 Å². The molecule has 150 valence electrons. The zero-order chi connectivity index (χ0) is 21.3. The van der Waals surface area contributed by atoms with Gasteiger partial charge in [-0.05, 0) is 0 Å². The Bertz CT molecular complexity index is 1050. The molecule has 30 heavy (non-hydrogen) atoms. The summed E-state index contributed by atoms with van der Waals surface area (Å²) in [5.41, 5.74) is 0.435. The van der Waals surface area contributed by atoms with Crippen LogP contribution < -0.4 is 21.9 Å². The molecule has 4 rings (SSSR count). The molecule has 0 nitrogen and oxygen atoms in total. The van der Waals surface area contributed by atoms with E-state index in [0.717, 1.165) is 0 Å². The lowest BCUT2D eigenvalue weighted by molar-refractivity contribution is 0.384. The molecule has 0 aliphatic carbocycles. The van der Waals surface area contributed by atoms with Crippen molar-refractivity contribution in [1.82, 2.24) is 0 Å². The van der Waals surface area contributed by atoms with E-state index >= 15 is 8.78 Å². The van der Waals surface area contributed by atoms with Crippen LogP contribution in [0.2, 0.25) is 0 Å². The fourth-order valence-electron chi connectivity index (χ4n) is 4.30. The van der Waals surface area contributed by atoms with Gasteiger partial charge in [0.15, 0.2) is 17.5 Å². The number of hydrogen-bond donors (Lipinski definition) is 0. The Morgan fingerprint density at radius 2 is 0.633 bits per heavy atom. The molecule has 0 saturated carbocycles. The van der Waals surface area contributed by atoms with Crippen molar-refractivity contribution < 1.29 is 22.0 Å². The van der Waals surface area contributed by atoms with Crippen molar-refractivity contribution in [1.29, 1.82) is 0 Å². The summed E-state index contributed by atoms with van der Waals surface area (Å²) in [6.07, 6.45) is -2.72. The second-order valence-corrected chi connectivity index (χ2v) is 7.08. The van der Waals surface area contributed by atoms with Gasteiger partial charge in [-0.2, -0.15) is 16.4 Å². The molecule has 0 unspecified atom stereocenters. The maximum absolute atomic E-state index is 15.2. The molecule has 0 saturated heterocycles. The molecule has 0 amide bonds. The molecular weight excluding hydrogens is 394 g/mol. The van der Waals surface area contributed by atoms with E-state index in [1.165, 1.54) is 0 Å². The van der Waals surface area contributed by atoms with Crippen LogP contribution in [0.1, 0.15) is 0 Å². The van der Waals surface area contributed by atoms with Crippen molar-refractivity contribution in [3.05, 3.63) is 120 Å². The van der Waals surface area contributed by atoms with E-state index in [9.17, 15) is 13.2 Å². The largest absolute Gasteiger partial charge is 0.207 e. The van der Waals surface area contributed by atoms with E-state index in [1.54, 1.807) is 91.0 Å². The average molecular weight is 409 g/mol. The van der Waals surface area contributed by atoms with Gasteiger partial charge < -0.3 is 0 Å². The fourth-order valence-corrected chi connectivity index (χ4v) is 4.30. The van der Waals surface area contributed by atoms with Crippen LogP contribution in [0.3, 0.4) is 0 Å². The highest BCUT2D eigenvalue weighted by Crippen LogP contribution is 2.21. The van der Waals surface area contributed by atoms with Crippen molar-refractivity contribution in [2.24, 2.45) is 0 Å². The summed E-state index contributed by atoms with van der Waals surface area (Å²) >= 11 is 0. The molecule has 0 fully saturated rings. The van der Waals surface area contributed by atoms with Gasteiger partial charge in [0.2, 0.25) is 0 Å². The van der Waals surface area contributed by atoms with Crippen LogP contribution in [0.25, 0.3) is 0 Å². The van der Waals surface area contributed by atoms with Gasteiger partial charge in [0.1, 0.15) is 17.8 Å². The van der Waals surface area contributed by atoms with E-state index in [-0.39, 0.29) is 0 Å². The van der Waals surface area contributed by atoms with Gasteiger partial charge in [-0.1, -0.05) is 91.0 Å². The predicted molar refractivity (Wildman–Crippen MR) is 110 cm³/mol. The summed E-state index contributed by atoms with van der Waals surface area (Å²) < 4.78 is 73.0. The minimum atomic E-state index is -2.72. The summed E-state index contributed by atoms with van der Waals surface area (Å²) in [4.78, 5) is 0. The van der Waals surface area contributed by atoms with E-state index in [2.05, 4.69) is 0 Å². The van der Waals surface area contributed by atoms with Gasteiger partial charge >= 0.3 is 0 Å². The molecule has 0 N–H and O–H groups in total. The first-order valence-electron chi connectivity index (χ1n) is 9.33. The maximum Gasteiger partial charge on any atom is 0.200 e. The van der Waals surface area contributed by atoms with Crippen LogP contribution >= 0.6 is 0 Å². The van der Waals surface area contributed by atoms with E-state index in [0.29, 0.717) is 16.4 Å². The van der Waals surface area contributed by atoms with Gasteiger partial charge in [0, 0.05) is 0 Å². The fraction of sp³-hybridized carbons (Fsp3) is 0. The number of benzene rings is 4. The zero-order valence-electron chi connectivity index (χ0n) is 15.6. The third-order valence-electron chi connectivity index (χ3n) is 5.58. The van der Waals surface area contributed by atoms with Crippen molar-refractivity contribution in [3.63, 3.8) is 0 Å². The third-order valence-corrected chi connectivity index (χ3v) is 5.58. The number of hydrogen-bond acceptors (Lipinski definition) is 0. The van der Waals surface area contributed by atoms with Crippen molar-refractivity contribution >= 4 is 28.0 Å². The lowest BCUT2D eigenvalue weighted by atomic mass is 9.13. The highest BCUT2D eigenvalue weighted by atomic mass is 19.2. The molecule has 0 bridgehead atoms.